The number of aliphatic hydroxyl groups excluding tert-OH is 2. The lowest BCUT2D eigenvalue weighted by atomic mass is 9.72. The van der Waals surface area contributed by atoms with Crippen LogP contribution in [0.1, 0.15) is 51.9 Å². The molecule has 0 saturated heterocycles. The van der Waals surface area contributed by atoms with Crippen LogP contribution in [0, 0.1) is 17.8 Å². The number of rotatable bonds is 3. The second kappa shape index (κ2) is 6.36. The summed E-state index contributed by atoms with van der Waals surface area (Å²) in [5.74, 6) is 1.28. The van der Waals surface area contributed by atoms with Crippen molar-refractivity contribution in [1.29, 1.82) is 0 Å². The largest absolute Gasteiger partial charge is 0.393 e. The Morgan fingerprint density at radius 3 is 2.28 bits per heavy atom. The molecule has 2 aliphatic carbocycles. The third kappa shape index (κ3) is 3.25. The summed E-state index contributed by atoms with van der Waals surface area (Å²) in [4.78, 5) is 0. The third-order valence-corrected chi connectivity index (χ3v) is 5.14. The summed E-state index contributed by atoms with van der Waals surface area (Å²) in [5.41, 5.74) is 0. The first-order valence-corrected chi connectivity index (χ1v) is 7.50. The molecule has 0 aromatic carbocycles. The second-order valence-corrected chi connectivity index (χ2v) is 6.41. The van der Waals surface area contributed by atoms with Gasteiger partial charge in [-0.2, -0.15) is 0 Å². The second-order valence-electron chi connectivity index (χ2n) is 6.41. The van der Waals surface area contributed by atoms with Gasteiger partial charge >= 0.3 is 0 Å². The summed E-state index contributed by atoms with van der Waals surface area (Å²) < 4.78 is 5.31. The van der Waals surface area contributed by atoms with Gasteiger partial charge in [-0.15, -0.1) is 0 Å². The Balaban J connectivity index is 1.87. The molecule has 4 atom stereocenters. The van der Waals surface area contributed by atoms with Crippen LogP contribution in [0.2, 0.25) is 0 Å². The highest BCUT2D eigenvalue weighted by Gasteiger charge is 2.38. The van der Waals surface area contributed by atoms with E-state index < -0.39 is 6.10 Å². The predicted molar refractivity (Wildman–Crippen MR) is 71.3 cm³/mol. The molecule has 0 radical (unpaired) electrons. The van der Waals surface area contributed by atoms with Crippen LogP contribution in [0.4, 0.5) is 0 Å². The van der Waals surface area contributed by atoms with Crippen LogP contribution < -0.4 is 0 Å². The number of hydrogen-bond donors (Lipinski definition) is 2. The predicted octanol–water partition coefficient (Wildman–Crippen LogP) is 2.35. The van der Waals surface area contributed by atoms with Gasteiger partial charge in [-0.25, -0.2) is 0 Å². The molecule has 0 aromatic heterocycles. The average molecular weight is 256 g/mol. The smallest absolute Gasteiger partial charge is 0.0621 e. The summed E-state index contributed by atoms with van der Waals surface area (Å²) in [6, 6.07) is 0. The molecule has 106 valence electrons. The standard InChI is InChI=1S/C15H28O3/c1-10-3-5-11(6-4-10)15(17)13-8-7-12(18-2)9-14(13)16/h10-17H,3-9H2,1-2H3. The zero-order valence-corrected chi connectivity index (χ0v) is 11.7. The first-order valence-electron chi connectivity index (χ1n) is 7.50. The van der Waals surface area contributed by atoms with Gasteiger partial charge in [0.15, 0.2) is 0 Å². The minimum Gasteiger partial charge on any atom is -0.393 e. The molecule has 2 saturated carbocycles. The highest BCUT2D eigenvalue weighted by Crippen LogP contribution is 2.37. The van der Waals surface area contributed by atoms with E-state index in [1.807, 2.05) is 0 Å². The van der Waals surface area contributed by atoms with Crippen molar-refractivity contribution in [1.82, 2.24) is 0 Å². The first kappa shape index (κ1) is 14.3. The van der Waals surface area contributed by atoms with Gasteiger partial charge in [-0.1, -0.05) is 19.8 Å². The maximum Gasteiger partial charge on any atom is 0.0621 e. The fraction of sp³-hybridized carbons (Fsp3) is 1.00. The Morgan fingerprint density at radius 2 is 1.72 bits per heavy atom. The molecule has 3 nitrogen and oxygen atoms in total. The molecule has 0 amide bonds. The van der Waals surface area contributed by atoms with E-state index in [1.54, 1.807) is 7.11 Å². The fourth-order valence-electron chi connectivity index (χ4n) is 3.72. The Hall–Kier alpha value is -0.120. The first-order chi connectivity index (χ1) is 8.61. The van der Waals surface area contributed by atoms with Crippen LogP contribution in [0.3, 0.4) is 0 Å². The molecule has 0 aliphatic heterocycles. The van der Waals surface area contributed by atoms with Crippen LogP contribution in [0.5, 0.6) is 0 Å². The van der Waals surface area contributed by atoms with Crippen LogP contribution in [-0.4, -0.2) is 35.6 Å². The SMILES string of the molecule is COC1CCC(C(O)C2CCC(C)CC2)C(O)C1. The maximum absolute atomic E-state index is 10.5. The van der Waals surface area contributed by atoms with Gasteiger partial charge in [-0.3, -0.25) is 0 Å². The number of ether oxygens (including phenoxy) is 1. The molecule has 2 fully saturated rings. The van der Waals surface area contributed by atoms with Gasteiger partial charge < -0.3 is 14.9 Å². The van der Waals surface area contributed by atoms with E-state index in [9.17, 15) is 10.2 Å². The third-order valence-electron chi connectivity index (χ3n) is 5.14. The van der Waals surface area contributed by atoms with E-state index in [-0.39, 0.29) is 18.1 Å². The lowest BCUT2D eigenvalue weighted by molar-refractivity contribution is -0.0809. The molecule has 0 spiro atoms. The van der Waals surface area contributed by atoms with E-state index in [4.69, 9.17) is 4.74 Å². The van der Waals surface area contributed by atoms with E-state index in [1.165, 1.54) is 12.8 Å². The van der Waals surface area contributed by atoms with E-state index in [0.29, 0.717) is 12.3 Å². The summed E-state index contributed by atoms with van der Waals surface area (Å²) in [7, 11) is 1.71. The van der Waals surface area contributed by atoms with Crippen molar-refractivity contribution in [2.24, 2.45) is 17.8 Å². The molecule has 18 heavy (non-hydrogen) atoms. The van der Waals surface area contributed by atoms with Crippen LogP contribution in [-0.2, 0) is 4.74 Å². The van der Waals surface area contributed by atoms with Gasteiger partial charge in [0.1, 0.15) is 0 Å². The average Bonchev–Trinajstić information content (AvgIpc) is 2.38. The monoisotopic (exact) mass is 256 g/mol. The lowest BCUT2D eigenvalue weighted by Gasteiger charge is -2.40. The van der Waals surface area contributed by atoms with Gasteiger partial charge in [0.05, 0.1) is 18.3 Å². The van der Waals surface area contributed by atoms with E-state index >= 15 is 0 Å². The molecular weight excluding hydrogens is 228 g/mol. The molecule has 4 unspecified atom stereocenters. The Morgan fingerprint density at radius 1 is 1.06 bits per heavy atom. The van der Waals surface area contributed by atoms with Crippen molar-refractivity contribution in [2.45, 2.75) is 70.2 Å². The van der Waals surface area contributed by atoms with Crippen molar-refractivity contribution in [3.05, 3.63) is 0 Å². The van der Waals surface area contributed by atoms with Crippen molar-refractivity contribution < 1.29 is 14.9 Å². The Bertz CT molecular complexity index is 248. The topological polar surface area (TPSA) is 49.7 Å². The van der Waals surface area contributed by atoms with Gasteiger partial charge in [0.25, 0.3) is 0 Å². The molecular formula is C15H28O3. The normalized spacial score (nSPS) is 43.7. The molecule has 3 heteroatoms. The lowest BCUT2D eigenvalue weighted by Crippen LogP contribution is -2.43. The van der Waals surface area contributed by atoms with Crippen molar-refractivity contribution >= 4 is 0 Å². The molecule has 2 aliphatic rings. The molecule has 0 bridgehead atoms. The highest BCUT2D eigenvalue weighted by atomic mass is 16.5. The van der Waals surface area contributed by atoms with E-state index in [2.05, 4.69) is 6.92 Å². The van der Waals surface area contributed by atoms with Crippen LogP contribution in [0.25, 0.3) is 0 Å². The molecule has 0 aromatic rings. The van der Waals surface area contributed by atoms with Crippen LogP contribution >= 0.6 is 0 Å². The van der Waals surface area contributed by atoms with Crippen molar-refractivity contribution in [3.8, 4) is 0 Å². The van der Waals surface area contributed by atoms with Crippen LogP contribution in [0.15, 0.2) is 0 Å². The molecule has 2 N–H and O–H groups in total. The number of aliphatic hydroxyl groups is 2. The Labute approximate surface area is 111 Å². The summed E-state index contributed by atoms with van der Waals surface area (Å²) >= 11 is 0. The van der Waals surface area contributed by atoms with Crippen molar-refractivity contribution in [3.63, 3.8) is 0 Å². The minimum atomic E-state index is -0.391. The van der Waals surface area contributed by atoms with Gasteiger partial charge in [0, 0.05) is 13.0 Å². The number of methoxy groups -OCH3 is 1. The van der Waals surface area contributed by atoms with Gasteiger partial charge in [0.2, 0.25) is 0 Å². The Kier molecular flexibility index (Phi) is 5.05. The van der Waals surface area contributed by atoms with Gasteiger partial charge in [-0.05, 0) is 43.9 Å². The summed E-state index contributed by atoms with van der Waals surface area (Å²) in [5, 5.41) is 20.7. The highest BCUT2D eigenvalue weighted by molar-refractivity contribution is 4.88. The fourth-order valence-corrected chi connectivity index (χ4v) is 3.72. The zero-order valence-electron chi connectivity index (χ0n) is 11.7. The molecule has 2 rings (SSSR count). The zero-order chi connectivity index (χ0) is 13.1. The summed E-state index contributed by atoms with van der Waals surface area (Å²) in [6.07, 6.45) is 6.72. The number of hydrogen-bond acceptors (Lipinski definition) is 3. The summed E-state index contributed by atoms with van der Waals surface area (Å²) in [6.45, 7) is 2.29. The quantitative estimate of drug-likeness (QED) is 0.815. The maximum atomic E-state index is 10.5. The minimum absolute atomic E-state index is 0.0646. The van der Waals surface area contributed by atoms with E-state index in [0.717, 1.165) is 31.6 Å². The molecule has 0 heterocycles. The van der Waals surface area contributed by atoms with Crippen molar-refractivity contribution in [2.75, 3.05) is 7.11 Å².